The van der Waals surface area contributed by atoms with E-state index >= 15 is 0 Å². The molecule has 0 radical (unpaired) electrons. The average molecular weight is 432 g/mol. The number of carbonyl (C=O) groups is 2. The third kappa shape index (κ3) is 3.16. The monoisotopic (exact) mass is 431 g/mol. The number of carboxylic acid groups (broad SMARTS) is 1. The zero-order valence-electron chi connectivity index (χ0n) is 17.4. The van der Waals surface area contributed by atoms with Crippen molar-refractivity contribution in [1.82, 2.24) is 4.57 Å². The lowest BCUT2D eigenvalue weighted by atomic mass is 9.63. The lowest BCUT2D eigenvalue weighted by molar-refractivity contribution is -0.147. The molecule has 0 aliphatic rings. The summed E-state index contributed by atoms with van der Waals surface area (Å²) >= 11 is 6.03. The van der Waals surface area contributed by atoms with E-state index in [1.54, 1.807) is 52.8 Å². The Labute approximate surface area is 178 Å². The first kappa shape index (κ1) is 21.8. The maximum atomic E-state index is 14.3. The fourth-order valence-electron chi connectivity index (χ4n) is 3.87. The number of benzene rings is 2. The Balaban J connectivity index is 2.47. The topological polar surface area (TPSA) is 79.5 Å². The van der Waals surface area contributed by atoms with Crippen molar-refractivity contribution in [1.29, 1.82) is 0 Å². The maximum absolute atomic E-state index is 14.3. The molecule has 2 aromatic carbocycles. The highest BCUT2D eigenvalue weighted by molar-refractivity contribution is 6.31. The van der Waals surface area contributed by atoms with E-state index in [1.165, 1.54) is 16.7 Å². The van der Waals surface area contributed by atoms with Gasteiger partial charge in [-0.3, -0.25) is 14.2 Å². The summed E-state index contributed by atoms with van der Waals surface area (Å²) in [4.78, 5) is 25.8. The molecular formula is C23H23ClFNO4. The molecular weight excluding hydrogens is 409 g/mol. The summed E-state index contributed by atoms with van der Waals surface area (Å²) in [6.07, 6.45) is 0. The molecule has 3 aromatic rings. The molecule has 0 spiro atoms. The Morgan fingerprint density at radius 1 is 1.10 bits per heavy atom. The number of hydrogen-bond donors (Lipinski definition) is 2. The van der Waals surface area contributed by atoms with E-state index in [9.17, 15) is 24.2 Å². The van der Waals surface area contributed by atoms with E-state index in [0.717, 1.165) is 6.07 Å². The van der Waals surface area contributed by atoms with Crippen LogP contribution < -0.4 is 0 Å². The summed E-state index contributed by atoms with van der Waals surface area (Å²) in [6, 6.07) is 8.56. The van der Waals surface area contributed by atoms with Gasteiger partial charge in [-0.05, 0) is 49.1 Å². The Kier molecular flexibility index (Phi) is 5.19. The Bertz CT molecular complexity index is 1190. The highest BCUT2D eigenvalue weighted by atomic mass is 35.5. The maximum Gasteiger partial charge on any atom is 0.314 e. The molecule has 0 saturated carbocycles. The van der Waals surface area contributed by atoms with Crippen LogP contribution in [0.25, 0.3) is 10.9 Å². The van der Waals surface area contributed by atoms with Crippen molar-refractivity contribution < 1.29 is 24.2 Å². The highest BCUT2D eigenvalue weighted by Crippen LogP contribution is 2.47. The van der Waals surface area contributed by atoms with Crippen molar-refractivity contribution in [2.75, 3.05) is 0 Å². The van der Waals surface area contributed by atoms with Gasteiger partial charge in [-0.1, -0.05) is 38.4 Å². The number of aromatic hydroxyl groups is 1. The van der Waals surface area contributed by atoms with Crippen LogP contribution in [0.2, 0.25) is 5.02 Å². The minimum absolute atomic E-state index is 0.180. The molecule has 158 valence electrons. The van der Waals surface area contributed by atoms with Crippen LogP contribution in [0, 0.1) is 18.2 Å². The molecule has 0 amide bonds. The second kappa shape index (κ2) is 7.13. The lowest BCUT2D eigenvalue weighted by Gasteiger charge is -2.39. The number of aromatic nitrogens is 1. The molecule has 1 aromatic heterocycles. The number of fused-ring (bicyclic) bond motifs is 1. The van der Waals surface area contributed by atoms with Crippen molar-refractivity contribution in [3.8, 4) is 5.75 Å². The Morgan fingerprint density at radius 3 is 2.27 bits per heavy atom. The van der Waals surface area contributed by atoms with E-state index in [0.29, 0.717) is 21.7 Å². The van der Waals surface area contributed by atoms with Gasteiger partial charge in [0.1, 0.15) is 0 Å². The van der Waals surface area contributed by atoms with Crippen molar-refractivity contribution in [2.24, 2.45) is 5.41 Å². The van der Waals surface area contributed by atoms with Gasteiger partial charge in [-0.15, -0.1) is 0 Å². The number of phenols is 1. The molecule has 2 N–H and O–H groups in total. The van der Waals surface area contributed by atoms with Crippen LogP contribution >= 0.6 is 11.6 Å². The first-order valence-corrected chi connectivity index (χ1v) is 9.76. The largest absolute Gasteiger partial charge is 0.505 e. The molecule has 3 rings (SSSR count). The molecule has 1 atom stereocenters. The van der Waals surface area contributed by atoms with Crippen molar-refractivity contribution >= 4 is 34.4 Å². The highest BCUT2D eigenvalue weighted by Gasteiger charge is 2.49. The zero-order valence-corrected chi connectivity index (χ0v) is 18.1. The molecule has 5 nitrogen and oxygen atoms in total. The molecule has 0 aliphatic carbocycles. The third-order valence-electron chi connectivity index (χ3n) is 5.97. The first-order chi connectivity index (χ1) is 13.8. The van der Waals surface area contributed by atoms with Crippen LogP contribution in [0.4, 0.5) is 4.39 Å². The van der Waals surface area contributed by atoms with Crippen LogP contribution in [0.1, 0.15) is 49.3 Å². The average Bonchev–Trinajstić information content (AvgIpc) is 2.91. The molecule has 1 heterocycles. The third-order valence-corrected chi connectivity index (χ3v) is 6.21. The molecule has 0 aliphatic heterocycles. The summed E-state index contributed by atoms with van der Waals surface area (Å²) in [5.41, 5.74) is -1.02. The number of halogens is 2. The summed E-state index contributed by atoms with van der Waals surface area (Å²) in [6.45, 7) is 8.55. The van der Waals surface area contributed by atoms with Crippen LogP contribution in [0.15, 0.2) is 36.4 Å². The molecule has 0 fully saturated rings. The van der Waals surface area contributed by atoms with Crippen LogP contribution in [0.5, 0.6) is 5.75 Å². The number of nitrogens with zero attached hydrogens (tertiary/aromatic N) is 1. The van der Waals surface area contributed by atoms with Crippen molar-refractivity contribution in [3.05, 3.63) is 64.1 Å². The number of aliphatic carboxylic acids is 1. The van der Waals surface area contributed by atoms with Gasteiger partial charge in [0.25, 0.3) is 5.91 Å². The predicted molar refractivity (Wildman–Crippen MR) is 114 cm³/mol. The number of carboxylic acids is 1. The van der Waals surface area contributed by atoms with Gasteiger partial charge in [-0.25, -0.2) is 4.39 Å². The standard InChI is InChI=1S/C23H23ClFNO4/c1-12-19(23(5,21(29)30)22(2,3)4)15-10-18(27)16(25)11-17(15)26(12)20(28)13-7-6-8-14(24)9-13/h6-11,27H,1-5H3,(H,29,30)/t23-/m1/s1. The molecule has 0 saturated heterocycles. The van der Waals surface area contributed by atoms with E-state index in [4.69, 9.17) is 11.6 Å². The van der Waals surface area contributed by atoms with E-state index < -0.39 is 34.3 Å². The van der Waals surface area contributed by atoms with Gasteiger partial charge >= 0.3 is 5.97 Å². The van der Waals surface area contributed by atoms with Gasteiger partial charge in [0.2, 0.25) is 0 Å². The fraction of sp³-hybridized carbons (Fsp3) is 0.304. The van der Waals surface area contributed by atoms with Crippen LogP contribution in [0.3, 0.4) is 0 Å². The quantitative estimate of drug-likeness (QED) is 0.571. The van der Waals surface area contributed by atoms with Gasteiger partial charge in [-0.2, -0.15) is 0 Å². The molecule has 7 heteroatoms. The van der Waals surface area contributed by atoms with Gasteiger partial charge in [0.15, 0.2) is 11.6 Å². The van der Waals surface area contributed by atoms with Crippen molar-refractivity contribution in [3.63, 3.8) is 0 Å². The normalized spacial score (nSPS) is 14.0. The fourth-order valence-corrected chi connectivity index (χ4v) is 4.06. The van der Waals surface area contributed by atoms with Gasteiger partial charge in [0.05, 0.1) is 10.9 Å². The summed E-state index contributed by atoms with van der Waals surface area (Å²) in [7, 11) is 0. The molecule has 0 unspecified atom stereocenters. The van der Waals surface area contributed by atoms with E-state index in [2.05, 4.69) is 0 Å². The smallest absolute Gasteiger partial charge is 0.314 e. The number of carbonyl (C=O) groups excluding carboxylic acids is 1. The minimum Gasteiger partial charge on any atom is -0.505 e. The Hall–Kier alpha value is -2.86. The number of phenolic OH excluding ortho intramolecular Hbond substituents is 1. The van der Waals surface area contributed by atoms with Gasteiger partial charge < -0.3 is 10.2 Å². The summed E-state index contributed by atoms with van der Waals surface area (Å²) < 4.78 is 15.6. The van der Waals surface area contributed by atoms with Gasteiger partial charge in [0, 0.05) is 27.7 Å². The predicted octanol–water partition coefficient (Wildman–Crippen LogP) is 5.52. The number of rotatable bonds is 3. The van der Waals surface area contributed by atoms with E-state index in [1.807, 2.05) is 0 Å². The summed E-state index contributed by atoms with van der Waals surface area (Å²) in [5.74, 6) is -3.08. The zero-order chi connectivity index (χ0) is 22.6. The molecule has 30 heavy (non-hydrogen) atoms. The lowest BCUT2D eigenvalue weighted by Crippen LogP contribution is -2.45. The van der Waals surface area contributed by atoms with E-state index in [-0.39, 0.29) is 11.1 Å². The first-order valence-electron chi connectivity index (χ1n) is 9.38. The van der Waals surface area contributed by atoms with Crippen molar-refractivity contribution in [2.45, 2.75) is 40.0 Å². The second-order valence-electron chi connectivity index (χ2n) is 8.61. The minimum atomic E-state index is -1.43. The van der Waals surface area contributed by atoms with Crippen LogP contribution in [-0.4, -0.2) is 26.7 Å². The summed E-state index contributed by atoms with van der Waals surface area (Å²) in [5, 5.41) is 20.9. The Morgan fingerprint density at radius 2 is 1.73 bits per heavy atom. The van der Waals surface area contributed by atoms with Crippen LogP contribution in [-0.2, 0) is 10.2 Å². The number of hydrogen-bond acceptors (Lipinski definition) is 3. The SMILES string of the molecule is Cc1c([C@](C)(C(=O)O)C(C)(C)C)c2cc(O)c(F)cc2n1C(=O)c1cccc(Cl)c1. The second-order valence-corrected chi connectivity index (χ2v) is 9.05. The molecule has 0 bridgehead atoms.